The lowest BCUT2D eigenvalue weighted by molar-refractivity contribution is -0.121. The van der Waals surface area contributed by atoms with Gasteiger partial charge in [0.25, 0.3) is 0 Å². The molecule has 1 fully saturated rings. The average molecular weight is 270 g/mol. The number of halogens is 2. The Kier molecular flexibility index (Phi) is 4.23. The van der Waals surface area contributed by atoms with E-state index in [2.05, 4.69) is 12.2 Å². The summed E-state index contributed by atoms with van der Waals surface area (Å²) in [5.41, 5.74) is 0.488. The van der Waals surface area contributed by atoms with Gasteiger partial charge >= 0.3 is 0 Å². The SMILES string of the molecule is CC1CCC(C(=O)Nc2ccc(F)cc2Cl)CC1. The molecule has 2 nitrogen and oxygen atoms in total. The Morgan fingerprint density at radius 3 is 2.61 bits per heavy atom. The number of hydrogen-bond donors (Lipinski definition) is 1. The van der Waals surface area contributed by atoms with E-state index >= 15 is 0 Å². The maximum Gasteiger partial charge on any atom is 0.227 e. The van der Waals surface area contributed by atoms with Gasteiger partial charge in [-0.15, -0.1) is 0 Å². The van der Waals surface area contributed by atoms with Crippen LogP contribution in [0.2, 0.25) is 5.02 Å². The number of amides is 1. The highest BCUT2D eigenvalue weighted by Gasteiger charge is 2.24. The highest BCUT2D eigenvalue weighted by Crippen LogP contribution is 2.30. The van der Waals surface area contributed by atoms with Crippen LogP contribution in [-0.4, -0.2) is 5.91 Å². The van der Waals surface area contributed by atoms with Crippen LogP contribution in [0.3, 0.4) is 0 Å². The van der Waals surface area contributed by atoms with Crippen LogP contribution in [0.25, 0.3) is 0 Å². The molecular weight excluding hydrogens is 253 g/mol. The van der Waals surface area contributed by atoms with Crippen molar-refractivity contribution in [2.75, 3.05) is 5.32 Å². The third-order valence-corrected chi connectivity index (χ3v) is 3.89. The van der Waals surface area contributed by atoms with Crippen molar-refractivity contribution in [1.29, 1.82) is 0 Å². The zero-order valence-corrected chi connectivity index (χ0v) is 11.1. The summed E-state index contributed by atoms with van der Waals surface area (Å²) in [5, 5.41) is 3.03. The van der Waals surface area contributed by atoms with Crippen LogP contribution in [0.15, 0.2) is 18.2 Å². The van der Waals surface area contributed by atoms with Crippen molar-refractivity contribution in [3.63, 3.8) is 0 Å². The van der Waals surface area contributed by atoms with Crippen LogP contribution in [-0.2, 0) is 4.79 Å². The molecule has 4 heteroatoms. The lowest BCUT2D eigenvalue weighted by atomic mass is 9.82. The summed E-state index contributed by atoms with van der Waals surface area (Å²) in [6.07, 6.45) is 4.03. The second kappa shape index (κ2) is 5.70. The third-order valence-electron chi connectivity index (χ3n) is 3.58. The predicted molar refractivity (Wildman–Crippen MR) is 71.2 cm³/mol. The van der Waals surface area contributed by atoms with E-state index in [1.54, 1.807) is 0 Å². The van der Waals surface area contributed by atoms with Gasteiger partial charge in [-0.3, -0.25) is 4.79 Å². The van der Waals surface area contributed by atoms with Crippen molar-refractivity contribution in [3.8, 4) is 0 Å². The van der Waals surface area contributed by atoms with Crippen molar-refractivity contribution < 1.29 is 9.18 Å². The fourth-order valence-corrected chi connectivity index (χ4v) is 2.56. The Morgan fingerprint density at radius 2 is 2.00 bits per heavy atom. The van der Waals surface area contributed by atoms with Gasteiger partial charge in [0.2, 0.25) is 5.91 Å². The Hall–Kier alpha value is -1.09. The molecule has 1 saturated carbocycles. The molecular formula is C14H17ClFNO. The molecule has 1 aromatic carbocycles. The number of anilines is 1. The van der Waals surface area contributed by atoms with E-state index in [9.17, 15) is 9.18 Å². The topological polar surface area (TPSA) is 29.1 Å². The summed E-state index contributed by atoms with van der Waals surface area (Å²) in [7, 11) is 0. The summed E-state index contributed by atoms with van der Waals surface area (Å²) < 4.78 is 12.9. The number of rotatable bonds is 2. The van der Waals surface area contributed by atoms with Crippen molar-refractivity contribution in [2.45, 2.75) is 32.6 Å². The molecule has 0 atom stereocenters. The van der Waals surface area contributed by atoms with Crippen molar-refractivity contribution in [3.05, 3.63) is 29.0 Å². The van der Waals surface area contributed by atoms with Crippen LogP contribution in [0.1, 0.15) is 32.6 Å². The Bertz CT molecular complexity index is 441. The lowest BCUT2D eigenvalue weighted by Crippen LogP contribution is -2.26. The van der Waals surface area contributed by atoms with Crippen LogP contribution >= 0.6 is 11.6 Å². The minimum absolute atomic E-state index is 0.00425. The van der Waals surface area contributed by atoms with Gasteiger partial charge in [0.15, 0.2) is 0 Å². The number of carbonyl (C=O) groups excluding carboxylic acids is 1. The first-order valence-corrected chi connectivity index (χ1v) is 6.70. The third kappa shape index (κ3) is 3.22. The van der Waals surface area contributed by atoms with Gasteiger partial charge < -0.3 is 5.32 Å². The van der Waals surface area contributed by atoms with E-state index in [0.717, 1.165) is 25.7 Å². The molecule has 0 spiro atoms. The van der Waals surface area contributed by atoms with Gasteiger partial charge in [0.05, 0.1) is 10.7 Å². The predicted octanol–water partition coefficient (Wildman–Crippen LogP) is 4.24. The molecule has 0 radical (unpaired) electrons. The van der Waals surface area contributed by atoms with Crippen molar-refractivity contribution >= 4 is 23.2 Å². The highest BCUT2D eigenvalue weighted by atomic mass is 35.5. The van der Waals surface area contributed by atoms with Crippen LogP contribution in [0.4, 0.5) is 10.1 Å². The fraction of sp³-hybridized carbons (Fsp3) is 0.500. The van der Waals surface area contributed by atoms with Crippen molar-refractivity contribution in [1.82, 2.24) is 0 Å². The second-order valence-corrected chi connectivity index (χ2v) is 5.48. The zero-order chi connectivity index (χ0) is 13.1. The van der Waals surface area contributed by atoms with E-state index in [-0.39, 0.29) is 16.8 Å². The quantitative estimate of drug-likeness (QED) is 0.855. The van der Waals surface area contributed by atoms with Gasteiger partial charge in [-0.05, 0) is 49.8 Å². The molecule has 18 heavy (non-hydrogen) atoms. The molecule has 1 aliphatic rings. The first kappa shape index (κ1) is 13.3. The Morgan fingerprint density at radius 1 is 1.33 bits per heavy atom. The first-order chi connectivity index (χ1) is 8.56. The summed E-state index contributed by atoms with van der Waals surface area (Å²) in [4.78, 5) is 12.0. The second-order valence-electron chi connectivity index (χ2n) is 5.07. The van der Waals surface area contributed by atoms with Gasteiger partial charge in [0.1, 0.15) is 5.82 Å². The summed E-state index contributed by atoms with van der Waals surface area (Å²) in [6, 6.07) is 4.01. The van der Waals surface area contributed by atoms with E-state index in [0.29, 0.717) is 11.6 Å². The minimum atomic E-state index is -0.399. The Labute approximate surface area is 112 Å². The molecule has 0 aromatic heterocycles. The molecule has 1 N–H and O–H groups in total. The van der Waals surface area contributed by atoms with Gasteiger partial charge in [-0.1, -0.05) is 18.5 Å². The maximum atomic E-state index is 12.9. The molecule has 0 aliphatic heterocycles. The Balaban J connectivity index is 1.98. The maximum absolute atomic E-state index is 12.9. The standard InChI is InChI=1S/C14H17ClFNO/c1-9-2-4-10(5-3-9)14(18)17-13-7-6-11(16)8-12(13)15/h6-10H,2-5H2,1H3,(H,17,18). The number of benzene rings is 1. The first-order valence-electron chi connectivity index (χ1n) is 6.32. The monoisotopic (exact) mass is 269 g/mol. The summed E-state index contributed by atoms with van der Waals surface area (Å²) in [6.45, 7) is 2.21. The zero-order valence-electron chi connectivity index (χ0n) is 10.4. The highest BCUT2D eigenvalue weighted by molar-refractivity contribution is 6.33. The van der Waals surface area contributed by atoms with Crippen LogP contribution in [0, 0.1) is 17.7 Å². The molecule has 2 rings (SSSR count). The van der Waals surface area contributed by atoms with E-state index in [1.807, 2.05) is 0 Å². The normalized spacial score (nSPS) is 23.7. The number of carbonyl (C=O) groups is 1. The smallest absolute Gasteiger partial charge is 0.227 e. The van der Waals surface area contributed by atoms with Gasteiger partial charge in [-0.2, -0.15) is 0 Å². The van der Waals surface area contributed by atoms with Crippen molar-refractivity contribution in [2.24, 2.45) is 11.8 Å². The minimum Gasteiger partial charge on any atom is -0.325 e. The largest absolute Gasteiger partial charge is 0.325 e. The van der Waals surface area contributed by atoms with Gasteiger partial charge in [-0.25, -0.2) is 4.39 Å². The lowest BCUT2D eigenvalue weighted by Gasteiger charge is -2.25. The molecule has 98 valence electrons. The summed E-state index contributed by atoms with van der Waals surface area (Å²) >= 11 is 5.88. The number of hydrogen-bond acceptors (Lipinski definition) is 1. The van der Waals surface area contributed by atoms with Crippen LogP contribution < -0.4 is 5.32 Å². The fourth-order valence-electron chi connectivity index (χ4n) is 2.35. The molecule has 0 saturated heterocycles. The molecule has 0 unspecified atom stereocenters. The number of nitrogens with one attached hydrogen (secondary N) is 1. The van der Waals surface area contributed by atoms with E-state index in [1.165, 1.54) is 18.2 Å². The molecule has 1 amide bonds. The van der Waals surface area contributed by atoms with Crippen LogP contribution in [0.5, 0.6) is 0 Å². The van der Waals surface area contributed by atoms with Gasteiger partial charge in [0, 0.05) is 5.92 Å². The molecule has 1 aliphatic carbocycles. The molecule has 0 heterocycles. The molecule has 1 aromatic rings. The molecule has 0 bridgehead atoms. The van der Waals surface area contributed by atoms with E-state index in [4.69, 9.17) is 11.6 Å². The van der Waals surface area contributed by atoms with E-state index < -0.39 is 5.82 Å². The average Bonchev–Trinajstić information content (AvgIpc) is 2.33. The summed E-state index contributed by atoms with van der Waals surface area (Å²) in [5.74, 6) is 0.366.